The third-order valence-electron chi connectivity index (χ3n) is 7.45. The number of nitro groups is 2. The highest BCUT2D eigenvalue weighted by molar-refractivity contribution is 7.98. The average Bonchev–Trinajstić information content (AvgIpc) is 3.09. The summed E-state index contributed by atoms with van der Waals surface area (Å²) in [6.07, 6.45) is 0.427. The third kappa shape index (κ3) is 7.08. The lowest BCUT2D eigenvalue weighted by molar-refractivity contribution is -0.385. The van der Waals surface area contributed by atoms with Gasteiger partial charge in [-0.2, -0.15) is 0 Å². The van der Waals surface area contributed by atoms with Crippen LogP contribution < -0.4 is 11.1 Å². The van der Waals surface area contributed by atoms with Crippen molar-refractivity contribution in [2.24, 2.45) is 0 Å². The van der Waals surface area contributed by atoms with Gasteiger partial charge in [0.1, 0.15) is 0 Å². The number of nitro benzene ring substituents is 2. The van der Waals surface area contributed by atoms with Crippen LogP contribution in [0.2, 0.25) is 0 Å². The number of para-hydroxylation sites is 2. The Morgan fingerprint density at radius 1 is 0.574 bits per heavy atom. The summed E-state index contributed by atoms with van der Waals surface area (Å²) >= 11 is 2.72. The van der Waals surface area contributed by atoms with E-state index in [4.69, 9.17) is 9.97 Å². The van der Waals surface area contributed by atoms with Crippen LogP contribution in [0.3, 0.4) is 0 Å². The standard InChI is InChI=1S/C33H26N6O6S2/c40-30-26-6-1-3-8-28(26)34-32(46-20-22-10-14-24(15-11-22)38(42)43)36(30)18-5-19-37-31(41)27-7-2-4-9-29(27)35-33(37)47-21-23-12-16-25(17-13-23)39(44)45/h1-4,6-17H,5,18-21H2. The molecule has 4 aromatic carbocycles. The number of nitrogens with zero attached hydrogens (tertiary/aromatic N) is 6. The smallest absolute Gasteiger partial charge is 0.269 e. The first kappa shape index (κ1) is 31.6. The highest BCUT2D eigenvalue weighted by atomic mass is 32.2. The van der Waals surface area contributed by atoms with E-state index in [-0.39, 0.29) is 35.6 Å². The zero-order valence-electron chi connectivity index (χ0n) is 24.7. The Morgan fingerprint density at radius 3 is 1.34 bits per heavy atom. The van der Waals surface area contributed by atoms with E-state index in [1.807, 2.05) is 12.1 Å². The fourth-order valence-corrected chi connectivity index (χ4v) is 6.98. The van der Waals surface area contributed by atoms with E-state index in [0.29, 0.717) is 50.0 Å². The number of non-ortho nitro benzene ring substituents is 2. The molecule has 0 unspecified atom stereocenters. The summed E-state index contributed by atoms with van der Waals surface area (Å²) in [6.45, 7) is 0.565. The second-order valence-electron chi connectivity index (χ2n) is 10.5. The SMILES string of the molecule is O=c1c2ccccc2nc(SCc2ccc([N+](=O)[O-])cc2)n1CCCn1c(SCc2ccc([N+](=O)[O-])cc2)nc2ccccc2c1=O. The molecule has 2 heterocycles. The van der Waals surface area contributed by atoms with Gasteiger partial charge < -0.3 is 0 Å². The van der Waals surface area contributed by atoms with Crippen molar-refractivity contribution in [3.8, 4) is 0 Å². The Labute approximate surface area is 275 Å². The first-order valence-electron chi connectivity index (χ1n) is 14.5. The predicted octanol–water partition coefficient (Wildman–Crippen LogP) is 6.60. The first-order chi connectivity index (χ1) is 22.8. The lowest BCUT2D eigenvalue weighted by Crippen LogP contribution is -2.27. The molecule has 0 aliphatic heterocycles. The molecule has 0 spiro atoms. The third-order valence-corrected chi connectivity index (χ3v) is 9.54. The minimum absolute atomic E-state index is 0.00295. The van der Waals surface area contributed by atoms with Crippen LogP contribution in [0.1, 0.15) is 17.5 Å². The van der Waals surface area contributed by atoms with Gasteiger partial charge in [0, 0.05) is 48.9 Å². The number of aromatic nitrogens is 4. The van der Waals surface area contributed by atoms with Crippen LogP contribution >= 0.6 is 23.5 Å². The van der Waals surface area contributed by atoms with Gasteiger partial charge in [-0.05, 0) is 41.8 Å². The van der Waals surface area contributed by atoms with Crippen molar-refractivity contribution in [2.45, 2.75) is 41.3 Å². The second kappa shape index (κ2) is 14.0. The maximum absolute atomic E-state index is 13.7. The molecule has 0 amide bonds. The van der Waals surface area contributed by atoms with Crippen molar-refractivity contribution >= 4 is 56.7 Å². The summed E-state index contributed by atoms with van der Waals surface area (Å²) < 4.78 is 3.23. The molecule has 0 atom stereocenters. The van der Waals surface area contributed by atoms with E-state index >= 15 is 0 Å². The topological polar surface area (TPSA) is 156 Å². The molecule has 0 bridgehead atoms. The minimum Gasteiger partial charge on any atom is -0.287 e. The maximum atomic E-state index is 13.7. The van der Waals surface area contributed by atoms with Crippen LogP contribution in [0.5, 0.6) is 0 Å². The summed E-state index contributed by atoms with van der Waals surface area (Å²) in [7, 11) is 0. The number of fused-ring (bicyclic) bond motifs is 2. The number of rotatable bonds is 12. The summed E-state index contributed by atoms with van der Waals surface area (Å²) in [5, 5.41) is 24.1. The van der Waals surface area contributed by atoms with Crippen LogP contribution in [-0.2, 0) is 24.6 Å². The lowest BCUT2D eigenvalue weighted by atomic mass is 10.2. The molecule has 12 nitrogen and oxygen atoms in total. The fourth-order valence-electron chi connectivity index (χ4n) is 5.02. The van der Waals surface area contributed by atoms with Crippen LogP contribution in [0.4, 0.5) is 11.4 Å². The zero-order valence-corrected chi connectivity index (χ0v) is 26.4. The van der Waals surface area contributed by atoms with Crippen LogP contribution in [-0.4, -0.2) is 28.9 Å². The van der Waals surface area contributed by atoms with Gasteiger partial charge in [-0.3, -0.25) is 39.0 Å². The van der Waals surface area contributed by atoms with Gasteiger partial charge in [-0.1, -0.05) is 72.1 Å². The van der Waals surface area contributed by atoms with Crippen LogP contribution in [0, 0.1) is 20.2 Å². The molecule has 6 rings (SSSR count). The van der Waals surface area contributed by atoms with Gasteiger partial charge in [-0.15, -0.1) is 0 Å². The summed E-state index contributed by atoms with van der Waals surface area (Å²) in [4.78, 5) is 58.1. The first-order valence-corrected chi connectivity index (χ1v) is 16.5. The van der Waals surface area contributed by atoms with Crippen LogP contribution in [0.15, 0.2) is 117 Å². The van der Waals surface area contributed by atoms with E-state index in [1.54, 1.807) is 69.8 Å². The normalized spacial score (nSPS) is 11.2. The molecule has 0 fully saturated rings. The predicted molar refractivity (Wildman–Crippen MR) is 182 cm³/mol. The lowest BCUT2D eigenvalue weighted by Gasteiger charge is -2.16. The molecule has 0 radical (unpaired) electrons. The summed E-state index contributed by atoms with van der Waals surface area (Å²) in [5.41, 5.74) is 2.44. The fraction of sp³-hybridized carbons (Fsp3) is 0.152. The molecular formula is C33H26N6O6S2. The molecule has 14 heteroatoms. The molecule has 0 aliphatic carbocycles. The van der Waals surface area contributed by atoms with E-state index in [2.05, 4.69) is 0 Å². The van der Waals surface area contributed by atoms with E-state index in [0.717, 1.165) is 11.1 Å². The molecule has 6 aromatic rings. The Bertz CT molecular complexity index is 2080. The minimum atomic E-state index is -0.449. The number of hydrogen-bond donors (Lipinski definition) is 0. The number of benzene rings is 4. The molecular weight excluding hydrogens is 641 g/mol. The van der Waals surface area contributed by atoms with Gasteiger partial charge in [0.2, 0.25) is 0 Å². The Kier molecular flexibility index (Phi) is 9.40. The highest BCUT2D eigenvalue weighted by Crippen LogP contribution is 2.26. The van der Waals surface area contributed by atoms with Gasteiger partial charge >= 0.3 is 0 Å². The van der Waals surface area contributed by atoms with E-state index < -0.39 is 9.85 Å². The molecule has 0 saturated heterocycles. The monoisotopic (exact) mass is 666 g/mol. The Balaban J connectivity index is 1.26. The number of thioether (sulfide) groups is 2. The molecule has 0 saturated carbocycles. The highest BCUT2D eigenvalue weighted by Gasteiger charge is 2.16. The average molecular weight is 667 g/mol. The van der Waals surface area contributed by atoms with Crippen molar-refractivity contribution in [2.75, 3.05) is 0 Å². The molecule has 0 aliphatic rings. The molecule has 2 aromatic heterocycles. The molecule has 0 N–H and O–H groups in total. The Morgan fingerprint density at radius 2 is 0.957 bits per heavy atom. The zero-order chi connectivity index (χ0) is 32.9. The van der Waals surface area contributed by atoms with E-state index in [9.17, 15) is 29.8 Å². The molecule has 236 valence electrons. The van der Waals surface area contributed by atoms with Gasteiger partial charge in [0.15, 0.2) is 10.3 Å². The maximum Gasteiger partial charge on any atom is 0.269 e. The summed E-state index contributed by atoms with van der Waals surface area (Å²) in [6, 6.07) is 26.8. The van der Waals surface area contributed by atoms with Gasteiger partial charge in [0.05, 0.1) is 31.7 Å². The van der Waals surface area contributed by atoms with Crippen molar-refractivity contribution in [1.82, 2.24) is 19.1 Å². The van der Waals surface area contributed by atoms with Crippen molar-refractivity contribution in [3.63, 3.8) is 0 Å². The number of hydrogen-bond acceptors (Lipinski definition) is 10. The van der Waals surface area contributed by atoms with Crippen molar-refractivity contribution in [3.05, 3.63) is 149 Å². The largest absolute Gasteiger partial charge is 0.287 e. The Hall–Kier alpha value is -5.34. The molecule has 47 heavy (non-hydrogen) atoms. The van der Waals surface area contributed by atoms with Gasteiger partial charge in [0.25, 0.3) is 22.5 Å². The van der Waals surface area contributed by atoms with Crippen LogP contribution in [0.25, 0.3) is 21.8 Å². The van der Waals surface area contributed by atoms with Crippen molar-refractivity contribution in [1.29, 1.82) is 0 Å². The summed E-state index contributed by atoms with van der Waals surface area (Å²) in [5.74, 6) is 0.889. The van der Waals surface area contributed by atoms with Gasteiger partial charge in [-0.25, -0.2) is 9.97 Å². The van der Waals surface area contributed by atoms with E-state index in [1.165, 1.54) is 47.8 Å². The van der Waals surface area contributed by atoms with Crippen molar-refractivity contribution < 1.29 is 9.85 Å². The second-order valence-corrected chi connectivity index (χ2v) is 12.4. The quantitative estimate of drug-likeness (QED) is 0.0604.